The van der Waals surface area contributed by atoms with E-state index in [9.17, 15) is 0 Å². The molecule has 0 aliphatic heterocycles. The second-order valence-corrected chi connectivity index (χ2v) is 5.28. The molecule has 16 heavy (non-hydrogen) atoms. The number of rotatable bonds is 2. The van der Waals surface area contributed by atoms with E-state index in [0.29, 0.717) is 0 Å². The van der Waals surface area contributed by atoms with E-state index < -0.39 is 0 Å². The van der Waals surface area contributed by atoms with Crippen LogP contribution in [0.25, 0.3) is 11.3 Å². The van der Waals surface area contributed by atoms with Gasteiger partial charge in [0.05, 0.1) is 12.3 Å². The van der Waals surface area contributed by atoms with E-state index in [1.54, 1.807) is 11.3 Å². The highest BCUT2D eigenvalue weighted by Crippen LogP contribution is 2.30. The summed E-state index contributed by atoms with van der Waals surface area (Å²) in [7, 11) is 0. The molecule has 0 aliphatic rings. The van der Waals surface area contributed by atoms with Gasteiger partial charge in [0.2, 0.25) is 0 Å². The molecular weight excluding hydrogens is 218 g/mol. The summed E-state index contributed by atoms with van der Waals surface area (Å²) in [5.74, 6) is 0. The van der Waals surface area contributed by atoms with Crippen LogP contribution in [0.3, 0.4) is 0 Å². The van der Waals surface area contributed by atoms with Crippen LogP contribution in [0.15, 0.2) is 18.2 Å². The molecule has 0 aliphatic carbocycles. The molecule has 2 aromatic rings. The average molecular weight is 233 g/mol. The monoisotopic (exact) mass is 233 g/mol. The maximum atomic E-state index is 9.09. The Bertz CT molecular complexity index is 517. The molecule has 0 atom stereocenters. The van der Waals surface area contributed by atoms with Crippen LogP contribution < -0.4 is 0 Å². The van der Waals surface area contributed by atoms with E-state index in [0.717, 1.165) is 15.6 Å². The first-order valence-electron chi connectivity index (χ1n) is 5.26. The van der Waals surface area contributed by atoms with Crippen molar-refractivity contribution in [3.8, 4) is 11.3 Å². The van der Waals surface area contributed by atoms with Gasteiger partial charge in [-0.1, -0.05) is 17.7 Å². The molecular formula is C13H15NOS. The van der Waals surface area contributed by atoms with Gasteiger partial charge in [-0.25, -0.2) is 4.98 Å². The predicted octanol–water partition coefficient (Wildman–Crippen LogP) is 3.23. The van der Waals surface area contributed by atoms with E-state index in [1.165, 1.54) is 16.7 Å². The second kappa shape index (κ2) is 4.36. The zero-order valence-corrected chi connectivity index (χ0v) is 10.6. The number of aliphatic hydroxyl groups excluding tert-OH is 1. The summed E-state index contributed by atoms with van der Waals surface area (Å²) in [5, 5.41) is 9.88. The molecule has 1 heterocycles. The molecule has 0 saturated carbocycles. The van der Waals surface area contributed by atoms with E-state index in [-0.39, 0.29) is 6.61 Å². The molecule has 0 bridgehead atoms. The molecule has 2 rings (SSSR count). The van der Waals surface area contributed by atoms with Crippen LogP contribution in [-0.4, -0.2) is 10.1 Å². The summed E-state index contributed by atoms with van der Waals surface area (Å²) in [6, 6.07) is 6.37. The van der Waals surface area contributed by atoms with E-state index in [1.807, 2.05) is 6.92 Å². The number of aromatic nitrogens is 1. The van der Waals surface area contributed by atoms with Crippen LogP contribution in [0.1, 0.15) is 21.0 Å². The van der Waals surface area contributed by atoms with Crippen molar-refractivity contribution in [2.75, 3.05) is 0 Å². The first kappa shape index (κ1) is 11.3. The third kappa shape index (κ3) is 2.01. The van der Waals surface area contributed by atoms with Gasteiger partial charge in [0.15, 0.2) is 0 Å². The Morgan fingerprint density at radius 2 is 2.00 bits per heavy atom. The lowest BCUT2D eigenvalue weighted by Gasteiger charge is -2.05. The number of benzene rings is 1. The number of aryl methyl sites for hydroxylation is 3. The first-order chi connectivity index (χ1) is 7.61. The van der Waals surface area contributed by atoms with Crippen LogP contribution in [0, 0.1) is 20.8 Å². The van der Waals surface area contributed by atoms with E-state index >= 15 is 0 Å². The zero-order chi connectivity index (χ0) is 11.7. The topological polar surface area (TPSA) is 33.1 Å². The Kier molecular flexibility index (Phi) is 3.08. The SMILES string of the molecule is Cc1ccc(C)c(-c2nc(CO)sc2C)c1. The highest BCUT2D eigenvalue weighted by molar-refractivity contribution is 7.12. The third-order valence-corrected chi connectivity index (χ3v) is 3.58. The summed E-state index contributed by atoms with van der Waals surface area (Å²) in [4.78, 5) is 5.63. The van der Waals surface area contributed by atoms with Gasteiger partial charge < -0.3 is 5.11 Å². The van der Waals surface area contributed by atoms with Crippen LogP contribution in [0.2, 0.25) is 0 Å². The fourth-order valence-corrected chi connectivity index (χ4v) is 2.57. The molecule has 1 N–H and O–H groups in total. The van der Waals surface area contributed by atoms with E-state index in [2.05, 4.69) is 37.0 Å². The summed E-state index contributed by atoms with van der Waals surface area (Å²) >= 11 is 1.56. The minimum Gasteiger partial charge on any atom is -0.389 e. The van der Waals surface area contributed by atoms with Gasteiger partial charge in [-0.05, 0) is 32.4 Å². The molecule has 84 valence electrons. The maximum Gasteiger partial charge on any atom is 0.119 e. The average Bonchev–Trinajstić information content (AvgIpc) is 2.63. The van der Waals surface area contributed by atoms with Crippen molar-refractivity contribution in [3.63, 3.8) is 0 Å². The number of nitrogens with zero attached hydrogens (tertiary/aromatic N) is 1. The largest absolute Gasteiger partial charge is 0.389 e. The third-order valence-electron chi connectivity index (χ3n) is 2.62. The van der Waals surface area contributed by atoms with E-state index in [4.69, 9.17) is 5.11 Å². The van der Waals surface area contributed by atoms with Crippen molar-refractivity contribution >= 4 is 11.3 Å². The molecule has 0 radical (unpaired) electrons. The van der Waals surface area contributed by atoms with Crippen molar-refractivity contribution in [3.05, 3.63) is 39.2 Å². The summed E-state index contributed by atoms with van der Waals surface area (Å²) in [6.45, 7) is 6.24. The molecule has 0 amide bonds. The van der Waals surface area contributed by atoms with Gasteiger partial charge in [-0.15, -0.1) is 11.3 Å². The summed E-state index contributed by atoms with van der Waals surface area (Å²) in [6.07, 6.45) is 0. The molecule has 0 unspecified atom stereocenters. The van der Waals surface area contributed by atoms with Gasteiger partial charge >= 0.3 is 0 Å². The molecule has 0 saturated heterocycles. The first-order valence-corrected chi connectivity index (χ1v) is 6.08. The summed E-state index contributed by atoms with van der Waals surface area (Å²) < 4.78 is 0. The molecule has 3 heteroatoms. The second-order valence-electron chi connectivity index (χ2n) is 3.99. The van der Waals surface area contributed by atoms with Gasteiger partial charge in [-0.3, -0.25) is 0 Å². The minimum atomic E-state index is 0.0242. The van der Waals surface area contributed by atoms with Crippen LogP contribution in [-0.2, 0) is 6.61 Å². The fourth-order valence-electron chi connectivity index (χ4n) is 1.76. The van der Waals surface area contributed by atoms with Crippen molar-refractivity contribution in [2.24, 2.45) is 0 Å². The van der Waals surface area contributed by atoms with Crippen LogP contribution in [0.5, 0.6) is 0 Å². The molecule has 0 spiro atoms. The number of hydrogen-bond donors (Lipinski definition) is 1. The Labute approximate surface area is 99.6 Å². The van der Waals surface area contributed by atoms with Gasteiger partial charge in [-0.2, -0.15) is 0 Å². The van der Waals surface area contributed by atoms with Crippen LogP contribution in [0.4, 0.5) is 0 Å². The smallest absolute Gasteiger partial charge is 0.119 e. The Hall–Kier alpha value is -1.19. The van der Waals surface area contributed by atoms with Gasteiger partial charge in [0.1, 0.15) is 5.01 Å². The summed E-state index contributed by atoms with van der Waals surface area (Å²) in [5.41, 5.74) is 4.64. The zero-order valence-electron chi connectivity index (χ0n) is 9.74. The Morgan fingerprint density at radius 3 is 2.62 bits per heavy atom. The lowest BCUT2D eigenvalue weighted by molar-refractivity contribution is 0.281. The number of aliphatic hydroxyl groups is 1. The standard InChI is InChI=1S/C13H15NOS/c1-8-4-5-9(2)11(6-8)13-10(3)16-12(7-15)14-13/h4-6,15H,7H2,1-3H3. The molecule has 1 aromatic heterocycles. The highest BCUT2D eigenvalue weighted by Gasteiger charge is 2.11. The van der Waals surface area contributed by atoms with Crippen molar-refractivity contribution < 1.29 is 5.11 Å². The van der Waals surface area contributed by atoms with Crippen molar-refractivity contribution in [1.29, 1.82) is 0 Å². The minimum absolute atomic E-state index is 0.0242. The number of hydrogen-bond acceptors (Lipinski definition) is 3. The molecule has 2 nitrogen and oxygen atoms in total. The quantitative estimate of drug-likeness (QED) is 0.864. The lowest BCUT2D eigenvalue weighted by atomic mass is 10.0. The van der Waals surface area contributed by atoms with Crippen LogP contribution >= 0.6 is 11.3 Å². The highest BCUT2D eigenvalue weighted by atomic mass is 32.1. The van der Waals surface area contributed by atoms with Gasteiger partial charge in [0, 0.05) is 10.4 Å². The van der Waals surface area contributed by atoms with Gasteiger partial charge in [0.25, 0.3) is 0 Å². The molecule has 0 fully saturated rings. The maximum absolute atomic E-state index is 9.09. The normalized spacial score (nSPS) is 10.8. The van der Waals surface area contributed by atoms with Crippen molar-refractivity contribution in [1.82, 2.24) is 4.98 Å². The number of thiazole rings is 1. The Morgan fingerprint density at radius 1 is 1.25 bits per heavy atom. The lowest BCUT2D eigenvalue weighted by Crippen LogP contribution is -1.88. The molecule has 1 aromatic carbocycles. The Balaban J connectivity index is 2.57. The van der Waals surface area contributed by atoms with Crippen molar-refractivity contribution in [2.45, 2.75) is 27.4 Å². The predicted molar refractivity (Wildman–Crippen MR) is 67.7 cm³/mol. The fraction of sp³-hybridized carbons (Fsp3) is 0.308.